The fourth-order valence-corrected chi connectivity index (χ4v) is 6.07. The van der Waals surface area contributed by atoms with Crippen molar-refractivity contribution in [2.75, 3.05) is 20.7 Å². The molecule has 1 aliphatic heterocycles. The molecule has 2 fully saturated rings. The third kappa shape index (κ3) is 1.91. The van der Waals surface area contributed by atoms with Crippen LogP contribution >= 0.6 is 0 Å². The monoisotopic (exact) mass is 327 g/mol. The SMILES string of the molecule is COc1ccc2c(c1)C13CCN(C)C(C2)C1CC(C)(C)C(=O)[C@@H]3C. The summed E-state index contributed by atoms with van der Waals surface area (Å²) in [6.07, 6.45) is 3.18. The van der Waals surface area contributed by atoms with Crippen LogP contribution in [0.25, 0.3) is 0 Å². The van der Waals surface area contributed by atoms with E-state index in [-0.39, 0.29) is 16.7 Å². The van der Waals surface area contributed by atoms with Crippen LogP contribution in [-0.4, -0.2) is 37.4 Å². The van der Waals surface area contributed by atoms with Crippen molar-refractivity contribution in [1.29, 1.82) is 0 Å². The Hall–Kier alpha value is -1.35. The van der Waals surface area contributed by atoms with Crippen LogP contribution in [0, 0.1) is 17.3 Å². The van der Waals surface area contributed by atoms with Gasteiger partial charge in [-0.2, -0.15) is 0 Å². The molecular weight excluding hydrogens is 298 g/mol. The maximum absolute atomic E-state index is 13.2. The van der Waals surface area contributed by atoms with E-state index in [1.54, 1.807) is 7.11 Å². The Morgan fingerprint density at radius 3 is 2.75 bits per heavy atom. The zero-order valence-corrected chi connectivity index (χ0v) is 15.6. The highest BCUT2D eigenvalue weighted by Crippen LogP contribution is 2.60. The van der Waals surface area contributed by atoms with Crippen molar-refractivity contribution < 1.29 is 9.53 Å². The number of methoxy groups -OCH3 is 1. The topological polar surface area (TPSA) is 29.5 Å². The maximum atomic E-state index is 13.2. The van der Waals surface area contributed by atoms with Crippen molar-refractivity contribution in [3.63, 3.8) is 0 Å². The van der Waals surface area contributed by atoms with Crippen LogP contribution in [0.1, 0.15) is 44.7 Å². The van der Waals surface area contributed by atoms with Gasteiger partial charge in [-0.05, 0) is 62.0 Å². The predicted molar refractivity (Wildman–Crippen MR) is 95.5 cm³/mol. The highest BCUT2D eigenvalue weighted by atomic mass is 16.5. The summed E-state index contributed by atoms with van der Waals surface area (Å²) in [5.41, 5.74) is 2.60. The number of rotatable bonds is 1. The number of benzene rings is 1. The van der Waals surface area contributed by atoms with Gasteiger partial charge in [-0.15, -0.1) is 0 Å². The van der Waals surface area contributed by atoms with Crippen LogP contribution in [0.3, 0.4) is 0 Å². The van der Waals surface area contributed by atoms with Crippen molar-refractivity contribution in [3.8, 4) is 5.75 Å². The highest BCUT2D eigenvalue weighted by Gasteiger charge is 2.62. The van der Waals surface area contributed by atoms with Gasteiger partial charge in [0.2, 0.25) is 0 Å². The van der Waals surface area contributed by atoms with E-state index in [4.69, 9.17) is 4.74 Å². The number of hydrogen-bond donors (Lipinski definition) is 0. The summed E-state index contributed by atoms with van der Waals surface area (Å²) in [5, 5.41) is 0. The van der Waals surface area contributed by atoms with Crippen molar-refractivity contribution in [2.24, 2.45) is 17.3 Å². The third-order valence-corrected chi connectivity index (χ3v) is 7.38. The van der Waals surface area contributed by atoms with Crippen molar-refractivity contribution in [3.05, 3.63) is 29.3 Å². The molecule has 1 aromatic carbocycles. The first-order chi connectivity index (χ1) is 11.3. The first kappa shape index (κ1) is 16.1. The van der Waals surface area contributed by atoms with E-state index in [0.29, 0.717) is 17.7 Å². The smallest absolute Gasteiger partial charge is 0.142 e. The van der Waals surface area contributed by atoms with Gasteiger partial charge < -0.3 is 9.64 Å². The van der Waals surface area contributed by atoms with E-state index in [1.165, 1.54) is 11.1 Å². The average molecular weight is 327 g/mol. The summed E-state index contributed by atoms with van der Waals surface area (Å²) in [7, 11) is 3.99. The second-order valence-corrected chi connectivity index (χ2v) is 8.85. The van der Waals surface area contributed by atoms with Crippen LogP contribution in [-0.2, 0) is 16.6 Å². The number of ketones is 1. The summed E-state index contributed by atoms with van der Waals surface area (Å²) in [5.74, 6) is 1.99. The van der Waals surface area contributed by atoms with Gasteiger partial charge in [-0.25, -0.2) is 0 Å². The highest BCUT2D eigenvalue weighted by molar-refractivity contribution is 5.89. The number of likely N-dealkylation sites (N-methyl/N-ethyl adjacent to an activating group) is 1. The number of nitrogens with zero attached hydrogens (tertiary/aromatic N) is 1. The number of likely N-dealkylation sites (tertiary alicyclic amines) is 1. The molecule has 4 atom stereocenters. The van der Waals surface area contributed by atoms with Crippen LogP contribution in [0.4, 0.5) is 0 Å². The summed E-state index contributed by atoms with van der Waals surface area (Å²) < 4.78 is 5.52. The molecule has 3 nitrogen and oxygen atoms in total. The molecule has 1 saturated heterocycles. The molecule has 3 unspecified atom stereocenters. The number of carbonyl (C=O) groups excluding carboxylic acids is 1. The quantitative estimate of drug-likeness (QED) is 0.791. The fraction of sp³-hybridized carbons (Fsp3) is 0.667. The minimum absolute atomic E-state index is 0.00803. The van der Waals surface area contributed by atoms with Crippen LogP contribution in [0.2, 0.25) is 0 Å². The summed E-state index contributed by atoms with van der Waals surface area (Å²) in [6.45, 7) is 7.56. The Kier molecular flexibility index (Phi) is 3.41. The van der Waals surface area contributed by atoms with E-state index in [9.17, 15) is 4.79 Å². The number of ether oxygens (including phenoxy) is 1. The molecule has 0 amide bonds. The van der Waals surface area contributed by atoms with Crippen LogP contribution in [0.15, 0.2) is 18.2 Å². The lowest BCUT2D eigenvalue weighted by atomic mass is 9.45. The van der Waals surface area contributed by atoms with Gasteiger partial charge in [0.1, 0.15) is 11.5 Å². The minimum atomic E-state index is -0.208. The fourth-order valence-electron chi connectivity index (χ4n) is 6.07. The molecule has 2 aliphatic carbocycles. The molecule has 24 heavy (non-hydrogen) atoms. The molecule has 1 saturated carbocycles. The molecule has 0 N–H and O–H groups in total. The minimum Gasteiger partial charge on any atom is -0.497 e. The maximum Gasteiger partial charge on any atom is 0.142 e. The van der Waals surface area contributed by atoms with E-state index < -0.39 is 0 Å². The van der Waals surface area contributed by atoms with Gasteiger partial charge in [0.15, 0.2) is 0 Å². The molecule has 0 radical (unpaired) electrons. The van der Waals surface area contributed by atoms with Gasteiger partial charge in [-0.3, -0.25) is 4.79 Å². The molecule has 130 valence electrons. The average Bonchev–Trinajstić information content (AvgIpc) is 2.56. The zero-order valence-electron chi connectivity index (χ0n) is 15.6. The normalized spacial score (nSPS) is 37.5. The number of fused-ring (bicyclic) bond motifs is 1. The second kappa shape index (κ2) is 5.08. The van der Waals surface area contributed by atoms with Crippen molar-refractivity contribution in [2.45, 2.75) is 51.5 Å². The Morgan fingerprint density at radius 1 is 1.29 bits per heavy atom. The molecule has 3 heteroatoms. The number of carbonyl (C=O) groups is 1. The Morgan fingerprint density at radius 2 is 2.04 bits per heavy atom. The molecule has 1 heterocycles. The lowest BCUT2D eigenvalue weighted by Crippen LogP contribution is -2.66. The lowest BCUT2D eigenvalue weighted by Gasteiger charge is -2.62. The molecule has 2 bridgehead atoms. The van der Waals surface area contributed by atoms with Crippen molar-refractivity contribution in [1.82, 2.24) is 4.90 Å². The van der Waals surface area contributed by atoms with E-state index in [0.717, 1.165) is 31.6 Å². The molecule has 3 aliphatic rings. The standard InChI is InChI=1S/C21H29NO2/c1-13-19(23)20(2,3)12-17-18-10-14-6-7-15(24-5)11-16(14)21(13,17)8-9-22(18)4/h6-7,11,13,17-18H,8-10,12H2,1-5H3/t13-,17?,18?,21?/m0/s1. The molecule has 4 rings (SSSR count). The van der Waals surface area contributed by atoms with E-state index in [1.807, 2.05) is 0 Å². The summed E-state index contributed by atoms with van der Waals surface area (Å²) in [6, 6.07) is 7.08. The summed E-state index contributed by atoms with van der Waals surface area (Å²) in [4.78, 5) is 15.7. The zero-order chi connectivity index (χ0) is 17.3. The number of Topliss-reactive ketones (excluding diaryl/α,β-unsaturated/α-hetero) is 1. The van der Waals surface area contributed by atoms with Gasteiger partial charge in [0.05, 0.1) is 7.11 Å². The third-order valence-electron chi connectivity index (χ3n) is 7.38. The second-order valence-electron chi connectivity index (χ2n) is 8.85. The van der Waals surface area contributed by atoms with Gasteiger partial charge in [0.25, 0.3) is 0 Å². The Bertz CT molecular complexity index is 695. The van der Waals surface area contributed by atoms with Gasteiger partial charge in [0, 0.05) is 22.8 Å². The molecule has 0 spiro atoms. The van der Waals surface area contributed by atoms with E-state index in [2.05, 4.69) is 50.9 Å². The van der Waals surface area contributed by atoms with E-state index >= 15 is 0 Å². The van der Waals surface area contributed by atoms with Gasteiger partial charge >= 0.3 is 0 Å². The van der Waals surface area contributed by atoms with Crippen molar-refractivity contribution >= 4 is 5.78 Å². The Labute approximate surface area is 145 Å². The first-order valence-electron chi connectivity index (χ1n) is 9.23. The van der Waals surface area contributed by atoms with Crippen LogP contribution in [0.5, 0.6) is 5.75 Å². The predicted octanol–water partition coefficient (Wildman–Crippen LogP) is 3.44. The molecule has 1 aromatic rings. The largest absolute Gasteiger partial charge is 0.497 e. The Balaban J connectivity index is 1.95. The lowest BCUT2D eigenvalue weighted by molar-refractivity contribution is -0.148. The van der Waals surface area contributed by atoms with Gasteiger partial charge in [-0.1, -0.05) is 26.8 Å². The number of hydrogen-bond acceptors (Lipinski definition) is 3. The summed E-state index contributed by atoms with van der Waals surface area (Å²) >= 11 is 0. The van der Waals surface area contributed by atoms with Crippen LogP contribution < -0.4 is 4.74 Å². The number of piperidine rings is 1. The molecular formula is C21H29NO2. The molecule has 0 aromatic heterocycles. The first-order valence-corrected chi connectivity index (χ1v) is 9.23.